The van der Waals surface area contributed by atoms with Crippen molar-refractivity contribution < 1.29 is 9.59 Å². The number of halogens is 1. The Morgan fingerprint density at radius 2 is 1.92 bits per heavy atom. The fourth-order valence-electron chi connectivity index (χ4n) is 3.10. The number of hydrogen-bond acceptors (Lipinski definition) is 2. The SMILES string of the molecule is CCN1C(=O)Cc2ccccc2[C@@H]1C(=O)NCc1ccccc1Br. The second-order valence-corrected chi connectivity index (χ2v) is 6.62. The summed E-state index contributed by atoms with van der Waals surface area (Å²) < 4.78 is 0.956. The van der Waals surface area contributed by atoms with Gasteiger partial charge in [-0.25, -0.2) is 0 Å². The molecule has 1 aliphatic heterocycles. The zero-order valence-corrected chi connectivity index (χ0v) is 15.0. The second kappa shape index (κ2) is 7.18. The predicted molar refractivity (Wildman–Crippen MR) is 96.3 cm³/mol. The summed E-state index contributed by atoms with van der Waals surface area (Å²) in [5, 5.41) is 2.97. The summed E-state index contributed by atoms with van der Waals surface area (Å²) in [6, 6.07) is 14.9. The molecule has 0 fully saturated rings. The number of fused-ring (bicyclic) bond motifs is 1. The van der Waals surface area contributed by atoms with E-state index in [1.54, 1.807) is 4.90 Å². The molecule has 1 N–H and O–H groups in total. The van der Waals surface area contributed by atoms with Crippen LogP contribution in [0.2, 0.25) is 0 Å². The van der Waals surface area contributed by atoms with E-state index in [9.17, 15) is 9.59 Å². The molecule has 0 saturated heterocycles. The molecule has 0 saturated carbocycles. The lowest BCUT2D eigenvalue weighted by Gasteiger charge is -2.35. The Bertz CT molecular complexity index is 775. The maximum absolute atomic E-state index is 12.8. The molecule has 1 aliphatic rings. The Labute approximate surface area is 150 Å². The van der Waals surface area contributed by atoms with E-state index in [1.165, 1.54) is 0 Å². The molecular weight excluding hydrogens is 368 g/mol. The van der Waals surface area contributed by atoms with Gasteiger partial charge in [-0.05, 0) is 29.7 Å². The lowest BCUT2D eigenvalue weighted by molar-refractivity contribution is -0.141. The van der Waals surface area contributed by atoms with E-state index in [1.807, 2.05) is 55.5 Å². The topological polar surface area (TPSA) is 49.4 Å². The first kappa shape index (κ1) is 16.7. The van der Waals surface area contributed by atoms with Crippen LogP contribution in [0, 0.1) is 0 Å². The van der Waals surface area contributed by atoms with Gasteiger partial charge in [0.2, 0.25) is 11.8 Å². The van der Waals surface area contributed by atoms with E-state index < -0.39 is 6.04 Å². The van der Waals surface area contributed by atoms with E-state index >= 15 is 0 Å². The second-order valence-electron chi connectivity index (χ2n) is 5.77. The van der Waals surface area contributed by atoms with Gasteiger partial charge in [0.05, 0.1) is 6.42 Å². The van der Waals surface area contributed by atoms with Crippen molar-refractivity contribution in [3.63, 3.8) is 0 Å². The summed E-state index contributed by atoms with van der Waals surface area (Å²) in [6.07, 6.45) is 0.359. The third-order valence-corrected chi connectivity index (χ3v) is 5.10. The number of hydrogen-bond donors (Lipinski definition) is 1. The zero-order valence-electron chi connectivity index (χ0n) is 13.5. The van der Waals surface area contributed by atoms with Gasteiger partial charge in [0.25, 0.3) is 0 Å². The van der Waals surface area contributed by atoms with Crippen molar-refractivity contribution in [2.75, 3.05) is 6.54 Å². The van der Waals surface area contributed by atoms with Crippen molar-refractivity contribution in [3.05, 3.63) is 69.7 Å². The largest absolute Gasteiger partial charge is 0.350 e. The molecule has 0 aromatic heterocycles. The Morgan fingerprint density at radius 1 is 1.21 bits per heavy atom. The molecular formula is C19H19BrN2O2. The number of likely N-dealkylation sites (N-methyl/N-ethyl adjacent to an activating group) is 1. The molecule has 2 amide bonds. The van der Waals surface area contributed by atoms with Gasteiger partial charge >= 0.3 is 0 Å². The van der Waals surface area contributed by atoms with Gasteiger partial charge in [0.15, 0.2) is 0 Å². The number of carbonyl (C=O) groups excluding carboxylic acids is 2. The molecule has 0 radical (unpaired) electrons. The quantitative estimate of drug-likeness (QED) is 0.876. The minimum Gasteiger partial charge on any atom is -0.350 e. The first-order valence-electron chi connectivity index (χ1n) is 8.00. The highest BCUT2D eigenvalue weighted by Gasteiger charge is 2.35. The van der Waals surface area contributed by atoms with Crippen molar-refractivity contribution in [2.24, 2.45) is 0 Å². The minimum atomic E-state index is -0.560. The standard InChI is InChI=1S/C19H19BrN2O2/c1-2-22-17(23)11-13-7-3-5-9-15(13)18(22)19(24)21-12-14-8-4-6-10-16(14)20/h3-10,18H,2,11-12H2,1H3,(H,21,24)/t18-/m1/s1. The number of benzene rings is 2. The Balaban J connectivity index is 1.84. The van der Waals surface area contributed by atoms with Crippen LogP contribution in [0.3, 0.4) is 0 Å². The summed E-state index contributed by atoms with van der Waals surface area (Å²) in [7, 11) is 0. The molecule has 0 bridgehead atoms. The van der Waals surface area contributed by atoms with E-state index in [-0.39, 0.29) is 11.8 Å². The molecule has 0 aliphatic carbocycles. The monoisotopic (exact) mass is 386 g/mol. The molecule has 2 aromatic rings. The number of rotatable bonds is 4. The van der Waals surface area contributed by atoms with Crippen molar-refractivity contribution in [3.8, 4) is 0 Å². The van der Waals surface area contributed by atoms with Gasteiger partial charge in [-0.15, -0.1) is 0 Å². The van der Waals surface area contributed by atoms with Gasteiger partial charge < -0.3 is 10.2 Å². The number of amides is 2. The summed E-state index contributed by atoms with van der Waals surface area (Å²) >= 11 is 3.49. The van der Waals surface area contributed by atoms with Gasteiger partial charge in [-0.3, -0.25) is 9.59 Å². The molecule has 1 atom stereocenters. The fraction of sp³-hybridized carbons (Fsp3) is 0.263. The van der Waals surface area contributed by atoms with E-state index in [0.717, 1.165) is 21.2 Å². The molecule has 24 heavy (non-hydrogen) atoms. The van der Waals surface area contributed by atoms with E-state index in [0.29, 0.717) is 19.5 Å². The van der Waals surface area contributed by atoms with Crippen LogP contribution in [0.1, 0.15) is 29.7 Å². The fourth-order valence-corrected chi connectivity index (χ4v) is 3.53. The minimum absolute atomic E-state index is 0.00255. The van der Waals surface area contributed by atoms with Crippen LogP contribution in [0.15, 0.2) is 53.0 Å². The lowest BCUT2D eigenvalue weighted by Crippen LogP contribution is -2.47. The van der Waals surface area contributed by atoms with Crippen LogP contribution in [0.5, 0.6) is 0 Å². The van der Waals surface area contributed by atoms with Crippen molar-refractivity contribution >= 4 is 27.7 Å². The van der Waals surface area contributed by atoms with Gasteiger partial charge in [0, 0.05) is 17.6 Å². The Morgan fingerprint density at radius 3 is 2.67 bits per heavy atom. The first-order valence-corrected chi connectivity index (χ1v) is 8.79. The Hall–Kier alpha value is -2.14. The third kappa shape index (κ3) is 3.22. The summed E-state index contributed by atoms with van der Waals surface area (Å²) in [5.41, 5.74) is 2.86. The van der Waals surface area contributed by atoms with Crippen LogP contribution < -0.4 is 5.32 Å². The van der Waals surface area contributed by atoms with Gasteiger partial charge in [-0.1, -0.05) is 58.4 Å². The lowest BCUT2D eigenvalue weighted by atomic mass is 9.91. The molecule has 2 aromatic carbocycles. The number of carbonyl (C=O) groups is 2. The highest BCUT2D eigenvalue weighted by atomic mass is 79.9. The average Bonchev–Trinajstić information content (AvgIpc) is 2.59. The van der Waals surface area contributed by atoms with Crippen LogP contribution in [-0.2, 0) is 22.6 Å². The molecule has 5 heteroatoms. The van der Waals surface area contributed by atoms with Crippen LogP contribution in [0.25, 0.3) is 0 Å². The molecule has 4 nitrogen and oxygen atoms in total. The summed E-state index contributed by atoms with van der Waals surface area (Å²) in [5.74, 6) is -0.148. The Kier molecular flexibility index (Phi) is 5.00. The maximum atomic E-state index is 12.8. The molecule has 3 rings (SSSR count). The maximum Gasteiger partial charge on any atom is 0.247 e. The highest BCUT2D eigenvalue weighted by Crippen LogP contribution is 2.30. The van der Waals surface area contributed by atoms with Crippen molar-refractivity contribution in [1.29, 1.82) is 0 Å². The van der Waals surface area contributed by atoms with Gasteiger partial charge in [-0.2, -0.15) is 0 Å². The summed E-state index contributed by atoms with van der Waals surface area (Å²) in [6.45, 7) is 2.84. The average molecular weight is 387 g/mol. The van der Waals surface area contributed by atoms with Crippen molar-refractivity contribution in [2.45, 2.75) is 25.9 Å². The van der Waals surface area contributed by atoms with Crippen molar-refractivity contribution in [1.82, 2.24) is 10.2 Å². The van der Waals surface area contributed by atoms with E-state index in [2.05, 4.69) is 21.2 Å². The van der Waals surface area contributed by atoms with Gasteiger partial charge in [0.1, 0.15) is 6.04 Å². The molecule has 0 unspecified atom stereocenters. The van der Waals surface area contributed by atoms with Crippen LogP contribution >= 0.6 is 15.9 Å². The first-order chi connectivity index (χ1) is 11.6. The predicted octanol–water partition coefficient (Wildman–Crippen LogP) is 3.21. The van der Waals surface area contributed by atoms with Crippen LogP contribution in [-0.4, -0.2) is 23.3 Å². The third-order valence-electron chi connectivity index (χ3n) is 4.32. The zero-order chi connectivity index (χ0) is 17.1. The van der Waals surface area contributed by atoms with E-state index in [4.69, 9.17) is 0 Å². The normalized spacial score (nSPS) is 16.7. The molecule has 1 heterocycles. The smallest absolute Gasteiger partial charge is 0.247 e. The number of nitrogens with one attached hydrogen (secondary N) is 1. The molecule has 0 spiro atoms. The summed E-state index contributed by atoms with van der Waals surface area (Å²) in [4.78, 5) is 26.9. The van der Waals surface area contributed by atoms with Crippen LogP contribution in [0.4, 0.5) is 0 Å². The number of nitrogens with zero attached hydrogens (tertiary/aromatic N) is 1. The highest BCUT2D eigenvalue weighted by molar-refractivity contribution is 9.10. The molecule has 124 valence electrons.